The molecule has 3 aliphatic heterocycles. The van der Waals surface area contributed by atoms with Crippen molar-refractivity contribution in [3.63, 3.8) is 0 Å². The molecule has 8 nitrogen and oxygen atoms in total. The van der Waals surface area contributed by atoms with Crippen LogP contribution >= 0.6 is 0 Å². The summed E-state index contributed by atoms with van der Waals surface area (Å²) in [6.45, 7) is 8.12. The molecule has 0 radical (unpaired) electrons. The lowest BCUT2D eigenvalue weighted by atomic mass is 9.91. The molecule has 2 aromatic rings. The molecule has 3 fully saturated rings. The number of aromatic nitrogens is 2. The molecule has 4 heterocycles. The first-order chi connectivity index (χ1) is 18.2. The molecule has 4 unspecified atom stereocenters. The number of fused-ring (bicyclic) bond motifs is 3. The molecule has 3 aliphatic rings. The first kappa shape index (κ1) is 27.3. The molecular weight excluding hydrogens is 480 g/mol. The number of aliphatic hydroxyl groups excluding tert-OH is 1. The summed E-state index contributed by atoms with van der Waals surface area (Å²) in [6, 6.07) is 9.25. The van der Waals surface area contributed by atoms with Gasteiger partial charge in [0, 0.05) is 24.2 Å². The summed E-state index contributed by atoms with van der Waals surface area (Å²) < 4.78 is 7.04. The van der Waals surface area contributed by atoms with Gasteiger partial charge in [-0.2, -0.15) is 0 Å². The van der Waals surface area contributed by atoms with Crippen LogP contribution in [0.1, 0.15) is 108 Å². The van der Waals surface area contributed by atoms with Crippen LogP contribution in [0.4, 0.5) is 0 Å². The molecule has 3 saturated heterocycles. The zero-order valence-corrected chi connectivity index (χ0v) is 23.4. The zero-order valence-electron chi connectivity index (χ0n) is 23.4. The number of piperidine rings is 1. The maximum atomic E-state index is 13.9. The number of amides is 1. The van der Waals surface area contributed by atoms with Crippen LogP contribution in [0.25, 0.3) is 11.0 Å². The Morgan fingerprint density at radius 2 is 1.79 bits per heavy atom. The fourth-order valence-corrected chi connectivity index (χ4v) is 7.12. The van der Waals surface area contributed by atoms with Crippen LogP contribution < -0.4 is 10.9 Å². The SMILES string of the molecule is CCCCCC(CCC)N1[C@@H]2CC[C@H]1CC(n1c(=O)c(C(=O)NC(C)(C)C3OC3O)nc3ccccc31)C2. The molecule has 8 heteroatoms. The Morgan fingerprint density at radius 3 is 2.42 bits per heavy atom. The molecule has 0 saturated carbocycles. The molecule has 5 rings (SSSR count). The van der Waals surface area contributed by atoms with Gasteiger partial charge in [0.25, 0.3) is 11.5 Å². The lowest BCUT2D eigenvalue weighted by molar-refractivity contribution is 0.0524. The van der Waals surface area contributed by atoms with E-state index in [1.807, 2.05) is 28.8 Å². The van der Waals surface area contributed by atoms with Gasteiger partial charge < -0.3 is 19.7 Å². The lowest BCUT2D eigenvalue weighted by Crippen LogP contribution is -2.52. The highest BCUT2D eigenvalue weighted by molar-refractivity contribution is 5.94. The smallest absolute Gasteiger partial charge is 0.282 e. The fourth-order valence-electron chi connectivity index (χ4n) is 7.12. The first-order valence-corrected chi connectivity index (χ1v) is 14.7. The Bertz CT molecular complexity index is 1200. The number of epoxide rings is 1. The third-order valence-electron chi connectivity index (χ3n) is 8.94. The number of aliphatic hydroxyl groups is 1. The number of carbonyl (C=O) groups is 1. The zero-order chi connectivity index (χ0) is 27.0. The summed E-state index contributed by atoms with van der Waals surface area (Å²) in [5, 5.41) is 12.6. The van der Waals surface area contributed by atoms with E-state index >= 15 is 0 Å². The summed E-state index contributed by atoms with van der Waals surface area (Å²) in [5.74, 6) is -0.526. The summed E-state index contributed by atoms with van der Waals surface area (Å²) >= 11 is 0. The topological polar surface area (TPSA) is 100.0 Å². The lowest BCUT2D eigenvalue weighted by Gasteiger charge is -2.44. The van der Waals surface area contributed by atoms with Gasteiger partial charge in [-0.3, -0.25) is 14.5 Å². The number of rotatable bonds is 11. The summed E-state index contributed by atoms with van der Waals surface area (Å²) in [7, 11) is 0. The Labute approximate surface area is 225 Å². The number of unbranched alkanes of at least 4 members (excludes halogenated alkanes) is 2. The minimum atomic E-state index is -0.898. The molecule has 1 amide bonds. The van der Waals surface area contributed by atoms with Crippen molar-refractivity contribution < 1.29 is 14.6 Å². The standard InChI is InChI=1S/C30H44N4O4/c1-5-7-8-12-19(11-6-2)33-20-15-16-21(33)18-22(17-20)34-24-14-10-9-13-23(24)31-25(28(34)36)27(35)32-30(3,4)26-29(37)38-26/h9-10,13-14,19-22,26,29,37H,5-8,11-12,15-18H2,1-4H3,(H,32,35)/t19?,20-,21+,22?,26?,29?. The summed E-state index contributed by atoms with van der Waals surface area (Å²) in [4.78, 5) is 34.6. The molecule has 2 bridgehead atoms. The molecule has 1 aromatic heterocycles. The van der Waals surface area contributed by atoms with Gasteiger partial charge in [0.15, 0.2) is 12.0 Å². The van der Waals surface area contributed by atoms with Crippen molar-refractivity contribution >= 4 is 16.9 Å². The van der Waals surface area contributed by atoms with Gasteiger partial charge in [0.05, 0.1) is 16.6 Å². The van der Waals surface area contributed by atoms with E-state index in [0.29, 0.717) is 23.6 Å². The average Bonchev–Trinajstić information content (AvgIpc) is 3.58. The van der Waals surface area contributed by atoms with Crippen LogP contribution in [0.5, 0.6) is 0 Å². The number of hydrogen-bond donors (Lipinski definition) is 2. The maximum Gasteiger partial charge on any atom is 0.282 e. The average molecular weight is 525 g/mol. The van der Waals surface area contributed by atoms with Gasteiger partial charge >= 0.3 is 0 Å². The number of carbonyl (C=O) groups excluding carboxylic acids is 1. The van der Waals surface area contributed by atoms with Crippen LogP contribution in [0.2, 0.25) is 0 Å². The number of hydrogen-bond acceptors (Lipinski definition) is 6. The minimum Gasteiger partial charge on any atom is -0.366 e. The van der Waals surface area contributed by atoms with Gasteiger partial charge in [0.2, 0.25) is 0 Å². The highest BCUT2D eigenvalue weighted by Crippen LogP contribution is 2.43. The fraction of sp³-hybridized carbons (Fsp3) is 0.700. The van der Waals surface area contributed by atoms with E-state index < -0.39 is 23.8 Å². The van der Waals surface area contributed by atoms with Crippen molar-refractivity contribution in [2.75, 3.05) is 0 Å². The third-order valence-corrected chi connectivity index (χ3v) is 8.94. The van der Waals surface area contributed by atoms with E-state index in [-0.39, 0.29) is 17.3 Å². The van der Waals surface area contributed by atoms with E-state index in [0.717, 1.165) is 18.4 Å². The van der Waals surface area contributed by atoms with Crippen LogP contribution in [-0.2, 0) is 4.74 Å². The monoisotopic (exact) mass is 524 g/mol. The van der Waals surface area contributed by atoms with Crippen molar-refractivity contribution in [3.05, 3.63) is 40.3 Å². The molecule has 0 spiro atoms. The van der Waals surface area contributed by atoms with E-state index in [9.17, 15) is 14.7 Å². The van der Waals surface area contributed by atoms with Crippen molar-refractivity contribution in [3.8, 4) is 0 Å². The second kappa shape index (κ2) is 11.1. The van der Waals surface area contributed by atoms with Crippen molar-refractivity contribution in [2.24, 2.45) is 0 Å². The quantitative estimate of drug-likeness (QED) is 0.331. The van der Waals surface area contributed by atoms with Crippen molar-refractivity contribution in [1.82, 2.24) is 19.8 Å². The molecule has 6 atom stereocenters. The van der Waals surface area contributed by atoms with Crippen LogP contribution in [0.3, 0.4) is 0 Å². The number of para-hydroxylation sites is 2. The molecule has 2 N–H and O–H groups in total. The largest absolute Gasteiger partial charge is 0.366 e. The Balaban J connectivity index is 1.44. The van der Waals surface area contributed by atoms with Gasteiger partial charge in [-0.25, -0.2) is 4.98 Å². The van der Waals surface area contributed by atoms with E-state index in [2.05, 4.69) is 29.0 Å². The maximum absolute atomic E-state index is 13.9. The second-order valence-electron chi connectivity index (χ2n) is 12.1. The number of nitrogens with zero attached hydrogens (tertiary/aromatic N) is 3. The predicted octanol–water partition coefficient (Wildman–Crippen LogP) is 4.54. The van der Waals surface area contributed by atoms with Gasteiger partial charge in [-0.05, 0) is 64.5 Å². The molecule has 1 aromatic carbocycles. The minimum absolute atomic E-state index is 0.0372. The molecule has 0 aliphatic carbocycles. The predicted molar refractivity (Wildman–Crippen MR) is 148 cm³/mol. The normalized spacial score (nSPS) is 28.0. The van der Waals surface area contributed by atoms with Crippen LogP contribution in [0.15, 0.2) is 29.1 Å². The van der Waals surface area contributed by atoms with Gasteiger partial charge in [-0.15, -0.1) is 0 Å². The Kier molecular flexibility index (Phi) is 7.94. The molecule has 38 heavy (non-hydrogen) atoms. The highest BCUT2D eigenvalue weighted by atomic mass is 16.7. The van der Waals surface area contributed by atoms with Gasteiger partial charge in [0.1, 0.15) is 6.10 Å². The summed E-state index contributed by atoms with van der Waals surface area (Å²) in [5.41, 5.74) is 0.193. The van der Waals surface area contributed by atoms with Crippen LogP contribution in [-0.4, -0.2) is 61.5 Å². The highest BCUT2D eigenvalue weighted by Gasteiger charge is 2.50. The Hall–Kier alpha value is -2.29. The van der Waals surface area contributed by atoms with Crippen molar-refractivity contribution in [2.45, 2.75) is 134 Å². The second-order valence-corrected chi connectivity index (χ2v) is 12.1. The van der Waals surface area contributed by atoms with E-state index in [4.69, 9.17) is 4.74 Å². The van der Waals surface area contributed by atoms with Crippen molar-refractivity contribution in [1.29, 1.82) is 0 Å². The van der Waals surface area contributed by atoms with Crippen LogP contribution in [0, 0.1) is 0 Å². The summed E-state index contributed by atoms with van der Waals surface area (Å²) in [6.07, 6.45) is 10.3. The van der Waals surface area contributed by atoms with Gasteiger partial charge in [-0.1, -0.05) is 51.7 Å². The number of nitrogens with one attached hydrogen (secondary N) is 1. The Morgan fingerprint density at radius 1 is 1.11 bits per heavy atom. The molecular formula is C30H44N4O4. The third kappa shape index (κ3) is 5.27. The van der Waals surface area contributed by atoms with E-state index in [1.165, 1.54) is 51.4 Å². The first-order valence-electron chi connectivity index (χ1n) is 14.7. The number of benzene rings is 1. The van der Waals surface area contributed by atoms with E-state index in [1.54, 1.807) is 13.8 Å². The molecule has 208 valence electrons. The number of ether oxygens (including phenoxy) is 1.